The summed E-state index contributed by atoms with van der Waals surface area (Å²) in [7, 11) is 0. The average Bonchev–Trinajstić information content (AvgIpc) is 3.12. The van der Waals surface area contributed by atoms with Crippen molar-refractivity contribution in [3.8, 4) is 11.3 Å². The number of thiocarbonyl (C=S) groups is 1. The number of carbonyl (C=O) groups excluding carboxylic acids is 2. The molecular weight excluding hydrogens is 544 g/mol. The Morgan fingerprint density at radius 1 is 1.00 bits per heavy atom. The minimum absolute atomic E-state index is 0. The van der Waals surface area contributed by atoms with Gasteiger partial charge >= 0.3 is 19.5 Å². The summed E-state index contributed by atoms with van der Waals surface area (Å²) in [6.07, 6.45) is 1.67. The van der Waals surface area contributed by atoms with Crippen LogP contribution < -0.4 is 5.32 Å². The topological polar surface area (TPSA) is 82.9 Å². The van der Waals surface area contributed by atoms with Crippen LogP contribution in [0.4, 0.5) is 0 Å². The van der Waals surface area contributed by atoms with Gasteiger partial charge in [0.15, 0.2) is 0 Å². The number of carbonyl (C=O) groups is 2. The number of amides is 2. The monoisotopic (exact) mass is 568 g/mol. The molecule has 30 heavy (non-hydrogen) atoms. The van der Waals surface area contributed by atoms with Gasteiger partial charge in [-0.15, -0.1) is 41.5 Å². The second kappa shape index (κ2) is 15.8. The fraction of sp³-hybridized carbons (Fsp3) is 0.300. The van der Waals surface area contributed by atoms with Crippen LogP contribution in [0.25, 0.3) is 17.0 Å². The molecule has 2 amide bonds. The Bertz CT molecular complexity index is 796. The number of nitrogens with zero attached hydrogens (tertiary/aromatic N) is 1. The quantitative estimate of drug-likeness (QED) is 0.143. The average molecular weight is 568 g/mol. The molecule has 2 N–H and O–H groups in total. The van der Waals surface area contributed by atoms with E-state index in [1.165, 1.54) is 40.6 Å². The van der Waals surface area contributed by atoms with Gasteiger partial charge in [-0.25, -0.2) is 0 Å². The van der Waals surface area contributed by atoms with Crippen molar-refractivity contribution in [2.75, 3.05) is 34.5 Å². The first kappa shape index (κ1) is 27.1. The number of thiol groups is 3. The third kappa shape index (κ3) is 9.06. The van der Waals surface area contributed by atoms with Crippen molar-refractivity contribution in [3.63, 3.8) is 0 Å². The third-order valence-electron chi connectivity index (χ3n) is 3.86. The van der Waals surface area contributed by atoms with Crippen molar-refractivity contribution in [1.29, 1.82) is 0 Å². The van der Waals surface area contributed by atoms with E-state index in [1.807, 2.05) is 18.2 Å². The molecular formula is C20H24N3O2RuS4+3. The van der Waals surface area contributed by atoms with Crippen LogP contribution in [0.5, 0.6) is 0 Å². The summed E-state index contributed by atoms with van der Waals surface area (Å²) in [5.41, 5.74) is 8.91. The molecule has 2 aliphatic rings. The van der Waals surface area contributed by atoms with Gasteiger partial charge in [0.2, 0.25) is 11.8 Å². The Kier molecular flexibility index (Phi) is 14.3. The maximum Gasteiger partial charge on any atom is 2.00 e. The number of benzene rings is 1. The molecule has 1 saturated heterocycles. The number of aromatic nitrogens is 1. The molecule has 0 bridgehead atoms. The largest absolute Gasteiger partial charge is 2.00 e. The van der Waals surface area contributed by atoms with Gasteiger partial charge in [0.25, 0.3) is 0 Å². The fourth-order valence-electron chi connectivity index (χ4n) is 2.53. The van der Waals surface area contributed by atoms with Crippen molar-refractivity contribution < 1.29 is 29.1 Å². The van der Waals surface area contributed by atoms with Gasteiger partial charge < -0.3 is 10.7 Å². The molecule has 1 aromatic heterocycles. The zero-order valence-electron chi connectivity index (χ0n) is 16.2. The number of pyridine rings is 1. The minimum Gasteiger partial charge on any atom is -0.696 e. The van der Waals surface area contributed by atoms with Crippen LogP contribution in [0, 0.1) is 6.07 Å². The summed E-state index contributed by atoms with van der Waals surface area (Å²) in [5, 5.41) is 2.24. The van der Waals surface area contributed by atoms with E-state index in [4.69, 9.17) is 5.73 Å². The summed E-state index contributed by atoms with van der Waals surface area (Å²) >= 11 is 9.04. The molecule has 1 fully saturated rings. The Labute approximate surface area is 208 Å². The van der Waals surface area contributed by atoms with E-state index in [2.05, 4.69) is 28.6 Å². The second-order valence-electron chi connectivity index (χ2n) is 5.80. The first-order chi connectivity index (χ1) is 14.2. The van der Waals surface area contributed by atoms with E-state index in [9.17, 15) is 9.59 Å². The summed E-state index contributed by atoms with van der Waals surface area (Å²) in [6.45, 7) is 0. The normalized spacial score (nSPS) is 15.2. The van der Waals surface area contributed by atoms with Gasteiger partial charge in [-0.2, -0.15) is 0 Å². The smallest absolute Gasteiger partial charge is 0.696 e. The van der Waals surface area contributed by atoms with E-state index >= 15 is 0 Å². The van der Waals surface area contributed by atoms with E-state index in [-0.39, 0.29) is 31.3 Å². The van der Waals surface area contributed by atoms with E-state index < -0.39 is 0 Å². The predicted molar refractivity (Wildman–Crippen MR) is 134 cm³/mol. The summed E-state index contributed by atoms with van der Waals surface area (Å²) in [5.74, 6) is 8.00. The number of fused-ring (bicyclic) bond motifs is 1. The van der Waals surface area contributed by atoms with E-state index in [0.717, 1.165) is 11.2 Å². The fourth-order valence-corrected chi connectivity index (χ4v) is 6.60. The Morgan fingerprint density at radius 2 is 1.53 bits per heavy atom. The number of hydrogen-bond acceptors (Lipinski definition) is 4. The van der Waals surface area contributed by atoms with Crippen molar-refractivity contribution in [1.82, 2.24) is 10.3 Å². The molecule has 160 valence electrons. The minimum atomic E-state index is -0.367. The molecule has 0 unspecified atom stereocenters. The van der Waals surface area contributed by atoms with Gasteiger partial charge in [-0.3, -0.25) is 14.9 Å². The zero-order chi connectivity index (χ0) is 20.9. The summed E-state index contributed by atoms with van der Waals surface area (Å²) in [4.78, 5) is 27.0. The maximum atomic E-state index is 11.5. The number of rotatable bonds is 1. The summed E-state index contributed by atoms with van der Waals surface area (Å²) in [6, 6.07) is 11.6. The van der Waals surface area contributed by atoms with Crippen LogP contribution >= 0.6 is 12.2 Å². The number of nitrogens with one attached hydrogen (secondary N) is 2. The Balaban J connectivity index is 0.000000295. The van der Waals surface area contributed by atoms with Crippen LogP contribution in [0.1, 0.15) is 20.7 Å². The second-order valence-corrected chi connectivity index (χ2v) is 10.1. The first-order valence-electron chi connectivity index (χ1n) is 9.01. The molecule has 10 heteroatoms. The first-order valence-corrected chi connectivity index (χ1v) is 13.3. The zero-order valence-corrected chi connectivity index (χ0v) is 21.4. The van der Waals surface area contributed by atoms with Crippen LogP contribution in [0.3, 0.4) is 0 Å². The Morgan fingerprint density at radius 3 is 2.03 bits per heavy atom. The summed E-state index contributed by atoms with van der Waals surface area (Å²) < 4.78 is 0. The Hall–Kier alpha value is -0.927. The molecule has 4 rings (SSSR count). The molecule has 1 aromatic carbocycles. The van der Waals surface area contributed by atoms with Gasteiger partial charge in [0, 0.05) is 6.20 Å². The van der Waals surface area contributed by atoms with Crippen LogP contribution in [0.2, 0.25) is 0 Å². The van der Waals surface area contributed by atoms with Crippen LogP contribution in [-0.2, 0) is 54.8 Å². The molecule has 0 radical (unpaired) electrons. The maximum absolute atomic E-state index is 11.5. The molecule has 2 aliphatic heterocycles. The van der Waals surface area contributed by atoms with Crippen molar-refractivity contribution >= 4 is 64.8 Å². The van der Waals surface area contributed by atoms with Gasteiger partial charge in [-0.1, -0.05) is 12.1 Å². The van der Waals surface area contributed by atoms with Crippen LogP contribution in [-0.4, -0.2) is 56.8 Å². The van der Waals surface area contributed by atoms with Gasteiger partial charge in [0.1, 0.15) is 34.5 Å². The number of imide groups is 1. The van der Waals surface area contributed by atoms with E-state index in [1.54, 1.807) is 47.5 Å². The number of hydrogen-bond donors (Lipinski definition) is 1. The molecule has 2 aromatic rings. The third-order valence-corrected chi connectivity index (χ3v) is 8.15. The van der Waals surface area contributed by atoms with Gasteiger partial charge in [0.05, 0.1) is 0 Å². The van der Waals surface area contributed by atoms with Crippen LogP contribution in [0.15, 0.2) is 36.5 Å². The molecule has 5 nitrogen and oxygen atoms in total. The molecule has 0 atom stereocenters. The van der Waals surface area contributed by atoms with Gasteiger partial charge in [-0.05, 0) is 58.2 Å². The predicted octanol–water partition coefficient (Wildman–Crippen LogP) is 1.87. The standard InChI is InChI=1S/C13H7N2O2.C6H12S3.CH3NS.Ru/c16-12-9-5-4-8(7-10(9)13(17)15-12)11-3-1-2-6-14-11;1-2-8-5-6-9-4-3-7-1;2-1-3;/h1-3,5-7H,(H,15,16,17);1-6H2;1H,(H2,2,3);/q-1;;;+2/p+2. The molecule has 0 spiro atoms. The SMILES string of the molecule is C1C[SH+]CC[SH+]CC[SH+]1.O=C1NC(=O)c2cc(-c3ccccn3)[c-]cc21.[NH-]C=S.[Ru+2]. The molecule has 0 saturated carbocycles. The van der Waals surface area contributed by atoms with Crippen molar-refractivity contribution in [3.05, 3.63) is 59.5 Å². The van der Waals surface area contributed by atoms with Crippen molar-refractivity contribution in [2.45, 2.75) is 0 Å². The van der Waals surface area contributed by atoms with Crippen molar-refractivity contribution in [2.24, 2.45) is 0 Å². The van der Waals surface area contributed by atoms with E-state index in [0.29, 0.717) is 16.7 Å². The molecule has 0 aliphatic carbocycles. The molecule has 3 heterocycles.